The molecule has 0 saturated heterocycles. The smallest absolute Gasteiger partial charge is 0.226 e. The summed E-state index contributed by atoms with van der Waals surface area (Å²) in [7, 11) is 0. The fraction of sp³-hybridized carbons (Fsp3) is 0.550. The van der Waals surface area contributed by atoms with Gasteiger partial charge in [0.1, 0.15) is 0 Å². The van der Waals surface area contributed by atoms with Crippen LogP contribution in [0.15, 0.2) is 30.0 Å². The van der Waals surface area contributed by atoms with Crippen LogP contribution in [0.5, 0.6) is 0 Å². The lowest BCUT2D eigenvalue weighted by atomic mass is 9.91. The van der Waals surface area contributed by atoms with Crippen molar-refractivity contribution >= 4 is 23.2 Å². The van der Waals surface area contributed by atoms with E-state index in [-0.39, 0.29) is 6.04 Å². The predicted molar refractivity (Wildman–Crippen MR) is 107 cm³/mol. The lowest BCUT2D eigenvalue weighted by molar-refractivity contribution is -0.139. The van der Waals surface area contributed by atoms with E-state index in [4.69, 9.17) is 10.6 Å². The third-order valence-corrected chi connectivity index (χ3v) is 6.49. The van der Waals surface area contributed by atoms with Gasteiger partial charge in [0.05, 0.1) is 11.4 Å². The second-order valence-electron chi connectivity index (χ2n) is 7.25. The summed E-state index contributed by atoms with van der Waals surface area (Å²) in [5.41, 5.74) is 7.01. The van der Waals surface area contributed by atoms with Gasteiger partial charge in [-0.15, -0.1) is 11.3 Å². The number of thiophene rings is 1. The van der Waals surface area contributed by atoms with Crippen molar-refractivity contribution < 1.29 is 4.84 Å². The van der Waals surface area contributed by atoms with Crippen molar-refractivity contribution in [3.8, 4) is 0 Å². The predicted octanol–water partition coefficient (Wildman–Crippen LogP) is 4.50. The summed E-state index contributed by atoms with van der Waals surface area (Å²) in [5, 5.41) is 4.54. The highest BCUT2D eigenvalue weighted by molar-refractivity contribution is 7.15. The van der Waals surface area contributed by atoms with Crippen LogP contribution in [0, 0.1) is 12.8 Å². The van der Waals surface area contributed by atoms with Crippen LogP contribution >= 0.6 is 11.3 Å². The molecular weight excluding hydrogens is 330 g/mol. The maximum Gasteiger partial charge on any atom is 0.226 e. The Balaban J connectivity index is 1.96. The van der Waals surface area contributed by atoms with E-state index in [2.05, 4.69) is 49.5 Å². The molecule has 2 heterocycles. The summed E-state index contributed by atoms with van der Waals surface area (Å²) in [4.78, 5) is 10.8. The zero-order valence-corrected chi connectivity index (χ0v) is 16.3. The van der Waals surface area contributed by atoms with E-state index in [9.17, 15) is 0 Å². The molecule has 0 aromatic carbocycles. The number of rotatable bonds is 6. The van der Waals surface area contributed by atoms with E-state index >= 15 is 0 Å². The van der Waals surface area contributed by atoms with Crippen LogP contribution in [-0.4, -0.2) is 29.0 Å². The summed E-state index contributed by atoms with van der Waals surface area (Å²) in [6.45, 7) is 10.7. The molecule has 0 spiro atoms. The second-order valence-corrected chi connectivity index (χ2v) is 8.34. The van der Waals surface area contributed by atoms with Gasteiger partial charge in [-0.25, -0.2) is 0 Å². The third kappa shape index (κ3) is 3.15. The molecule has 2 aliphatic rings. The second kappa shape index (κ2) is 7.34. The first kappa shape index (κ1) is 18.2. The molecule has 1 aromatic heterocycles. The maximum absolute atomic E-state index is 6.26. The molecule has 0 amide bonds. The highest BCUT2D eigenvalue weighted by Crippen LogP contribution is 2.43. The van der Waals surface area contributed by atoms with E-state index in [1.165, 1.54) is 36.1 Å². The third-order valence-electron chi connectivity index (χ3n) is 5.29. The van der Waals surface area contributed by atoms with Crippen molar-refractivity contribution in [2.75, 3.05) is 6.54 Å². The fourth-order valence-electron chi connectivity index (χ4n) is 4.11. The molecule has 1 fully saturated rings. The molecule has 0 radical (unpaired) electrons. The van der Waals surface area contributed by atoms with Crippen molar-refractivity contribution in [2.24, 2.45) is 16.8 Å². The van der Waals surface area contributed by atoms with Crippen LogP contribution in [-0.2, 0) is 4.84 Å². The first-order valence-corrected chi connectivity index (χ1v) is 10.0. The Labute approximate surface area is 155 Å². The summed E-state index contributed by atoms with van der Waals surface area (Å²) >= 11 is 1.74. The van der Waals surface area contributed by atoms with E-state index in [1.807, 2.05) is 6.08 Å². The topological polar surface area (TPSA) is 50.9 Å². The minimum atomic E-state index is -0.491. The Morgan fingerprint density at radius 3 is 2.80 bits per heavy atom. The van der Waals surface area contributed by atoms with Crippen LogP contribution in [0.3, 0.4) is 0 Å². The van der Waals surface area contributed by atoms with Gasteiger partial charge < -0.3 is 15.5 Å². The van der Waals surface area contributed by atoms with Gasteiger partial charge in [0.15, 0.2) is 5.84 Å². The number of nitrogens with zero attached hydrogens (tertiary/aromatic N) is 2. The van der Waals surface area contributed by atoms with E-state index in [0.29, 0.717) is 12.5 Å². The Bertz CT molecular complexity index is 685. The van der Waals surface area contributed by atoms with Gasteiger partial charge in [-0.1, -0.05) is 36.7 Å². The molecule has 1 atom stereocenters. The van der Waals surface area contributed by atoms with Gasteiger partial charge >= 0.3 is 0 Å². The SMILES string of the molecule is C=C/C=C\c1sc(C2=NOC(CN)(C3CCCC3)N2C(C)C)cc1C. The van der Waals surface area contributed by atoms with Gasteiger partial charge in [-0.05, 0) is 51.3 Å². The monoisotopic (exact) mass is 359 g/mol. The average molecular weight is 360 g/mol. The molecule has 3 rings (SSSR count). The molecule has 0 bridgehead atoms. The van der Waals surface area contributed by atoms with Crippen molar-refractivity contribution in [2.45, 2.75) is 58.2 Å². The largest absolute Gasteiger partial charge is 0.363 e. The highest BCUT2D eigenvalue weighted by atomic mass is 32.1. The number of allylic oxidation sites excluding steroid dienone is 2. The standard InChI is InChI=1S/C20H29N3OS/c1-5-6-11-17-15(4)12-18(25-17)19-22-24-20(13-21,23(19)14(2)3)16-9-7-8-10-16/h5-6,11-12,14,16H,1,7-10,13,21H2,2-4H3/b11-6-. The van der Waals surface area contributed by atoms with Gasteiger partial charge in [0, 0.05) is 16.8 Å². The minimum Gasteiger partial charge on any atom is -0.363 e. The Morgan fingerprint density at radius 2 is 2.20 bits per heavy atom. The number of oxime groups is 1. The van der Waals surface area contributed by atoms with E-state index in [0.717, 1.165) is 10.7 Å². The summed E-state index contributed by atoms with van der Waals surface area (Å²) in [6.07, 6.45) is 10.7. The van der Waals surface area contributed by atoms with Gasteiger partial charge in [-0.2, -0.15) is 0 Å². The maximum atomic E-state index is 6.26. The molecule has 25 heavy (non-hydrogen) atoms. The highest BCUT2D eigenvalue weighted by Gasteiger charge is 2.53. The normalized spacial score (nSPS) is 24.4. The van der Waals surface area contributed by atoms with Gasteiger partial charge in [-0.3, -0.25) is 0 Å². The zero-order valence-electron chi connectivity index (χ0n) is 15.5. The van der Waals surface area contributed by atoms with Crippen LogP contribution < -0.4 is 5.73 Å². The molecule has 4 nitrogen and oxygen atoms in total. The number of hydrogen-bond donors (Lipinski definition) is 1. The lowest BCUT2D eigenvalue weighted by Crippen LogP contribution is -2.60. The lowest BCUT2D eigenvalue weighted by Gasteiger charge is -2.42. The fourth-order valence-corrected chi connectivity index (χ4v) is 5.18. The zero-order chi connectivity index (χ0) is 18.0. The van der Waals surface area contributed by atoms with Crippen LogP contribution in [0.4, 0.5) is 0 Å². The van der Waals surface area contributed by atoms with Gasteiger partial charge in [0.25, 0.3) is 0 Å². The number of hydrogen-bond acceptors (Lipinski definition) is 5. The first-order valence-electron chi connectivity index (χ1n) is 9.19. The van der Waals surface area contributed by atoms with Crippen molar-refractivity contribution in [1.29, 1.82) is 0 Å². The van der Waals surface area contributed by atoms with E-state index < -0.39 is 5.72 Å². The first-order chi connectivity index (χ1) is 12.0. The molecule has 5 heteroatoms. The molecular formula is C20H29N3OS. The van der Waals surface area contributed by atoms with Crippen molar-refractivity contribution in [1.82, 2.24) is 4.90 Å². The number of amidine groups is 1. The number of nitrogens with two attached hydrogens (primary N) is 1. The summed E-state index contributed by atoms with van der Waals surface area (Å²) in [6, 6.07) is 2.48. The Kier molecular flexibility index (Phi) is 5.35. The van der Waals surface area contributed by atoms with Crippen LogP contribution in [0.25, 0.3) is 6.08 Å². The molecule has 1 saturated carbocycles. The number of aryl methyl sites for hydroxylation is 1. The molecule has 1 aliphatic carbocycles. The van der Waals surface area contributed by atoms with Crippen molar-refractivity contribution in [3.63, 3.8) is 0 Å². The van der Waals surface area contributed by atoms with Crippen molar-refractivity contribution in [3.05, 3.63) is 40.1 Å². The molecule has 1 aliphatic heterocycles. The van der Waals surface area contributed by atoms with Crippen LogP contribution in [0.1, 0.15) is 54.8 Å². The van der Waals surface area contributed by atoms with E-state index in [1.54, 1.807) is 17.4 Å². The summed E-state index contributed by atoms with van der Waals surface area (Å²) < 4.78 is 0. The summed E-state index contributed by atoms with van der Waals surface area (Å²) in [5.74, 6) is 1.38. The van der Waals surface area contributed by atoms with Gasteiger partial charge in [0.2, 0.25) is 5.72 Å². The van der Waals surface area contributed by atoms with Crippen LogP contribution in [0.2, 0.25) is 0 Å². The molecule has 1 unspecified atom stereocenters. The quantitative estimate of drug-likeness (QED) is 0.761. The molecule has 136 valence electrons. The molecule has 1 aromatic rings. The minimum absolute atomic E-state index is 0.278. The Hall–Kier alpha value is -1.59. The average Bonchev–Trinajstić information content (AvgIpc) is 3.31. The Morgan fingerprint density at radius 1 is 1.48 bits per heavy atom. The molecule has 2 N–H and O–H groups in total.